The van der Waals surface area contributed by atoms with Gasteiger partial charge in [0.25, 0.3) is 5.91 Å². The van der Waals surface area contributed by atoms with Crippen LogP contribution in [0.3, 0.4) is 0 Å². The summed E-state index contributed by atoms with van der Waals surface area (Å²) in [5, 5.41) is 12.3. The molecule has 2 aliphatic heterocycles. The van der Waals surface area contributed by atoms with Gasteiger partial charge in [-0.05, 0) is 37.6 Å². The number of nitrogens with zero attached hydrogens (tertiary/aromatic N) is 5. The van der Waals surface area contributed by atoms with E-state index in [-0.39, 0.29) is 46.7 Å². The predicted molar refractivity (Wildman–Crippen MR) is 145 cm³/mol. The number of anilines is 2. The molecule has 39 heavy (non-hydrogen) atoms. The van der Waals surface area contributed by atoms with Gasteiger partial charge in [-0.1, -0.05) is 29.8 Å². The fourth-order valence-electron chi connectivity index (χ4n) is 4.95. The van der Waals surface area contributed by atoms with E-state index >= 15 is 8.78 Å². The summed E-state index contributed by atoms with van der Waals surface area (Å²) in [6.45, 7) is 4.34. The quantitative estimate of drug-likeness (QED) is 0.422. The van der Waals surface area contributed by atoms with E-state index in [1.807, 2.05) is 4.90 Å². The second-order valence-electron chi connectivity index (χ2n) is 9.88. The SMILES string of the molecule is C/C(=C\C=CN1C[C@](C)(c2cccc(Cl)c2F)c2c(cnc(NC3CN(c4ncccn4)C3)c2F)C1=O)CO. The van der Waals surface area contributed by atoms with Gasteiger partial charge in [0.05, 0.1) is 23.2 Å². The number of aliphatic hydroxyl groups is 1. The molecule has 1 fully saturated rings. The Labute approximate surface area is 229 Å². The molecule has 5 rings (SSSR count). The summed E-state index contributed by atoms with van der Waals surface area (Å²) in [6, 6.07) is 6.18. The van der Waals surface area contributed by atoms with E-state index in [2.05, 4.69) is 20.3 Å². The fourth-order valence-corrected chi connectivity index (χ4v) is 5.13. The molecule has 2 N–H and O–H groups in total. The molecule has 0 radical (unpaired) electrons. The van der Waals surface area contributed by atoms with Crippen LogP contribution in [0.1, 0.15) is 35.3 Å². The molecule has 2 aromatic heterocycles. The number of halogens is 3. The number of carbonyl (C=O) groups is 1. The van der Waals surface area contributed by atoms with Crippen LogP contribution in [0.15, 0.2) is 66.8 Å². The van der Waals surface area contributed by atoms with Crippen LogP contribution >= 0.6 is 11.6 Å². The lowest BCUT2D eigenvalue weighted by Crippen LogP contribution is -2.56. The first-order chi connectivity index (χ1) is 18.7. The molecular weight excluding hydrogens is 526 g/mol. The van der Waals surface area contributed by atoms with Gasteiger partial charge in [0, 0.05) is 61.0 Å². The zero-order valence-corrected chi connectivity index (χ0v) is 22.2. The molecule has 2 aliphatic rings. The molecule has 8 nitrogen and oxygen atoms in total. The van der Waals surface area contributed by atoms with Crippen LogP contribution in [0, 0.1) is 11.6 Å². The molecule has 1 saturated heterocycles. The lowest BCUT2D eigenvalue weighted by molar-refractivity contribution is 0.0773. The summed E-state index contributed by atoms with van der Waals surface area (Å²) in [5.74, 6) is -1.28. The van der Waals surface area contributed by atoms with Crippen LogP contribution in [0.25, 0.3) is 0 Å². The molecule has 4 heterocycles. The average Bonchev–Trinajstić information content (AvgIpc) is 2.91. The number of hydrogen-bond acceptors (Lipinski definition) is 7. The van der Waals surface area contributed by atoms with Crippen molar-refractivity contribution >= 4 is 29.3 Å². The Morgan fingerprint density at radius 2 is 1.95 bits per heavy atom. The van der Waals surface area contributed by atoms with Crippen LogP contribution < -0.4 is 10.2 Å². The Kier molecular flexibility index (Phi) is 7.33. The largest absolute Gasteiger partial charge is 0.392 e. The number of aromatic nitrogens is 3. The van der Waals surface area contributed by atoms with E-state index in [1.165, 1.54) is 23.4 Å². The van der Waals surface area contributed by atoms with Crippen molar-refractivity contribution in [2.45, 2.75) is 25.3 Å². The highest BCUT2D eigenvalue weighted by Crippen LogP contribution is 2.44. The van der Waals surface area contributed by atoms with E-state index < -0.39 is 23.0 Å². The maximum Gasteiger partial charge on any atom is 0.259 e. The molecule has 202 valence electrons. The van der Waals surface area contributed by atoms with E-state index in [9.17, 15) is 9.90 Å². The van der Waals surface area contributed by atoms with Crippen LogP contribution in [-0.2, 0) is 5.41 Å². The summed E-state index contributed by atoms with van der Waals surface area (Å²) >= 11 is 6.12. The van der Waals surface area contributed by atoms with Crippen molar-refractivity contribution in [2.24, 2.45) is 0 Å². The molecule has 3 aromatic rings. The first-order valence-corrected chi connectivity index (χ1v) is 12.8. The third-order valence-corrected chi connectivity index (χ3v) is 7.34. The number of carbonyl (C=O) groups excluding carboxylic acids is 1. The molecule has 0 unspecified atom stereocenters. The third kappa shape index (κ3) is 4.97. The fraction of sp³-hybridized carbons (Fsp3) is 0.286. The van der Waals surface area contributed by atoms with Crippen LogP contribution in [0.4, 0.5) is 20.5 Å². The summed E-state index contributed by atoms with van der Waals surface area (Å²) in [5.41, 5.74) is -0.342. The minimum Gasteiger partial charge on any atom is -0.392 e. The number of hydrogen-bond donors (Lipinski definition) is 2. The molecule has 1 amide bonds. The molecule has 0 aliphatic carbocycles. The van der Waals surface area contributed by atoms with Crippen molar-refractivity contribution in [1.82, 2.24) is 19.9 Å². The van der Waals surface area contributed by atoms with Gasteiger partial charge in [0.15, 0.2) is 11.6 Å². The Hall–Kier alpha value is -3.89. The van der Waals surface area contributed by atoms with Gasteiger partial charge in [0.2, 0.25) is 5.95 Å². The highest BCUT2D eigenvalue weighted by molar-refractivity contribution is 6.30. The van der Waals surface area contributed by atoms with Crippen molar-refractivity contribution in [3.05, 3.63) is 100 Å². The number of pyridine rings is 1. The molecule has 1 aromatic carbocycles. The van der Waals surface area contributed by atoms with E-state index in [4.69, 9.17) is 11.6 Å². The van der Waals surface area contributed by atoms with Crippen molar-refractivity contribution in [3.63, 3.8) is 0 Å². The van der Waals surface area contributed by atoms with Crippen molar-refractivity contribution in [1.29, 1.82) is 0 Å². The van der Waals surface area contributed by atoms with Crippen LogP contribution in [0.5, 0.6) is 0 Å². The number of nitrogens with one attached hydrogen (secondary N) is 1. The number of allylic oxidation sites excluding steroid dienone is 2. The summed E-state index contributed by atoms with van der Waals surface area (Å²) < 4.78 is 31.7. The Balaban J connectivity index is 1.51. The maximum absolute atomic E-state index is 16.3. The second kappa shape index (κ2) is 10.7. The highest BCUT2D eigenvalue weighted by atomic mass is 35.5. The van der Waals surface area contributed by atoms with Crippen molar-refractivity contribution < 1.29 is 18.7 Å². The smallest absolute Gasteiger partial charge is 0.259 e. The summed E-state index contributed by atoms with van der Waals surface area (Å²) in [6.07, 6.45) is 9.45. The molecule has 11 heteroatoms. The van der Waals surface area contributed by atoms with Gasteiger partial charge in [-0.2, -0.15) is 0 Å². The van der Waals surface area contributed by atoms with Gasteiger partial charge in [-0.25, -0.2) is 23.7 Å². The standard InChI is InChI=1S/C28H27ClF2N6O2/c1-17(15-38)6-4-11-36-16-28(2,20-7-3-8-21(29)23(20)30)22-19(26(36)39)12-34-25(24(22)31)35-18-13-37(14-18)27-32-9-5-10-33-27/h3-12,18,38H,13-16H2,1-2H3,(H,34,35)/b11-4?,17-6+/t28-/m1/s1. The van der Waals surface area contributed by atoms with Gasteiger partial charge in [-0.3, -0.25) is 4.79 Å². The predicted octanol–water partition coefficient (Wildman–Crippen LogP) is 4.32. The van der Waals surface area contributed by atoms with Crippen molar-refractivity contribution in [2.75, 3.05) is 36.5 Å². The monoisotopic (exact) mass is 552 g/mol. The number of amides is 1. The van der Waals surface area contributed by atoms with Crippen LogP contribution in [0.2, 0.25) is 5.02 Å². The Morgan fingerprint density at radius 3 is 2.67 bits per heavy atom. The van der Waals surface area contributed by atoms with E-state index in [0.717, 1.165) is 0 Å². The molecule has 0 bridgehead atoms. The zero-order chi connectivity index (χ0) is 27.7. The normalized spacial score (nSPS) is 19.8. The molecule has 0 spiro atoms. The number of aliphatic hydroxyl groups excluding tert-OH is 1. The first-order valence-electron chi connectivity index (χ1n) is 12.4. The second-order valence-corrected chi connectivity index (χ2v) is 10.3. The molecular formula is C28H27ClF2N6O2. The number of fused-ring (bicyclic) bond motifs is 1. The average molecular weight is 553 g/mol. The molecule has 1 atom stereocenters. The van der Waals surface area contributed by atoms with Gasteiger partial charge in [0.1, 0.15) is 5.82 Å². The number of rotatable bonds is 7. The number of benzene rings is 1. The van der Waals surface area contributed by atoms with Gasteiger partial charge < -0.3 is 20.2 Å². The van der Waals surface area contributed by atoms with E-state index in [0.29, 0.717) is 24.6 Å². The van der Waals surface area contributed by atoms with Gasteiger partial charge in [-0.15, -0.1) is 0 Å². The van der Waals surface area contributed by atoms with Crippen LogP contribution in [-0.4, -0.2) is 63.1 Å². The molecule has 0 saturated carbocycles. The van der Waals surface area contributed by atoms with Crippen molar-refractivity contribution in [3.8, 4) is 0 Å². The van der Waals surface area contributed by atoms with E-state index in [1.54, 1.807) is 56.6 Å². The van der Waals surface area contributed by atoms with Gasteiger partial charge >= 0.3 is 0 Å². The lowest BCUT2D eigenvalue weighted by Gasteiger charge is -2.42. The first kappa shape index (κ1) is 26.7. The maximum atomic E-state index is 16.3. The minimum atomic E-state index is -1.29. The third-order valence-electron chi connectivity index (χ3n) is 7.05. The lowest BCUT2D eigenvalue weighted by atomic mass is 9.71. The minimum absolute atomic E-state index is 0.0145. The topological polar surface area (TPSA) is 94.5 Å². The Bertz CT molecular complexity index is 1460. The summed E-state index contributed by atoms with van der Waals surface area (Å²) in [4.78, 5) is 29.5. The Morgan fingerprint density at radius 1 is 1.21 bits per heavy atom. The summed E-state index contributed by atoms with van der Waals surface area (Å²) in [7, 11) is 0. The zero-order valence-electron chi connectivity index (χ0n) is 21.4. The highest BCUT2D eigenvalue weighted by Gasteiger charge is 2.45.